The molecule has 5 heteroatoms. The van der Waals surface area contributed by atoms with Crippen LogP contribution in [0.3, 0.4) is 0 Å². The van der Waals surface area contributed by atoms with Crippen LogP contribution in [0.4, 0.5) is 14.5 Å². The number of hydrogen-bond donors (Lipinski definition) is 1. The van der Waals surface area contributed by atoms with E-state index in [-0.39, 0.29) is 17.0 Å². The minimum Gasteiger partial charge on any atom is -0.325 e. The molecule has 0 atom stereocenters. The first-order chi connectivity index (χ1) is 10.1. The molecule has 2 heterocycles. The van der Waals surface area contributed by atoms with Gasteiger partial charge in [-0.2, -0.15) is 0 Å². The summed E-state index contributed by atoms with van der Waals surface area (Å²) in [4.78, 5) is 15.7. The highest BCUT2D eigenvalue weighted by Gasteiger charge is 2.56. The van der Waals surface area contributed by atoms with Gasteiger partial charge in [0, 0.05) is 17.4 Å². The molecule has 106 valence electrons. The molecule has 1 spiro atoms. The van der Waals surface area contributed by atoms with E-state index < -0.39 is 6.43 Å². The average Bonchev–Trinajstić information content (AvgIpc) is 3.23. The molecule has 1 N–H and O–H groups in total. The molecule has 0 saturated heterocycles. The van der Waals surface area contributed by atoms with Crippen molar-refractivity contribution in [2.45, 2.75) is 24.7 Å². The highest BCUT2D eigenvalue weighted by molar-refractivity contribution is 6.08. The number of benzene rings is 1. The lowest BCUT2D eigenvalue weighted by atomic mass is 9.95. The molecule has 1 fully saturated rings. The fourth-order valence-corrected chi connectivity index (χ4v) is 2.94. The van der Waals surface area contributed by atoms with Crippen LogP contribution in [0.15, 0.2) is 36.5 Å². The number of alkyl halides is 2. The van der Waals surface area contributed by atoms with Crippen LogP contribution in [0.5, 0.6) is 0 Å². The Morgan fingerprint density at radius 1 is 1.14 bits per heavy atom. The molecule has 1 saturated carbocycles. The third-order valence-electron chi connectivity index (χ3n) is 4.31. The number of carbonyl (C=O) groups is 1. The van der Waals surface area contributed by atoms with Crippen molar-refractivity contribution in [3.63, 3.8) is 0 Å². The van der Waals surface area contributed by atoms with Crippen molar-refractivity contribution in [2.24, 2.45) is 0 Å². The summed E-state index contributed by atoms with van der Waals surface area (Å²) in [5.74, 6) is 0.0702. The molecule has 1 aromatic heterocycles. The minimum atomic E-state index is -2.56. The maximum Gasteiger partial charge on any atom is 0.280 e. The van der Waals surface area contributed by atoms with E-state index in [0.717, 1.165) is 35.2 Å². The topological polar surface area (TPSA) is 42.0 Å². The standard InChI is InChI=1S/C16H12F2N2O/c17-14(18)12-4-2-10(8-19-12)9-1-3-11-13(7-9)20-15(21)16(11)5-6-16/h1-4,7-8,14H,5-6H2,(H,20,21). The van der Waals surface area contributed by atoms with Crippen molar-refractivity contribution in [1.82, 2.24) is 4.98 Å². The van der Waals surface area contributed by atoms with Crippen molar-refractivity contribution in [3.05, 3.63) is 47.8 Å². The fourth-order valence-electron chi connectivity index (χ4n) is 2.94. The molecule has 0 radical (unpaired) electrons. The van der Waals surface area contributed by atoms with Crippen LogP contribution in [-0.4, -0.2) is 10.9 Å². The zero-order valence-corrected chi connectivity index (χ0v) is 11.1. The van der Waals surface area contributed by atoms with E-state index in [9.17, 15) is 13.6 Å². The van der Waals surface area contributed by atoms with Gasteiger partial charge in [0.05, 0.1) is 5.41 Å². The van der Waals surface area contributed by atoms with Gasteiger partial charge in [0.25, 0.3) is 6.43 Å². The Labute approximate surface area is 120 Å². The second kappa shape index (κ2) is 4.10. The Hall–Kier alpha value is -2.30. The SMILES string of the molecule is O=C1Nc2cc(-c3ccc(C(F)F)nc3)ccc2C12CC2. The van der Waals surface area contributed by atoms with Gasteiger partial charge in [-0.15, -0.1) is 0 Å². The van der Waals surface area contributed by atoms with Gasteiger partial charge in [0.15, 0.2) is 0 Å². The Kier molecular flexibility index (Phi) is 2.43. The lowest BCUT2D eigenvalue weighted by Crippen LogP contribution is -2.18. The van der Waals surface area contributed by atoms with E-state index in [1.165, 1.54) is 12.3 Å². The number of anilines is 1. The first-order valence-electron chi connectivity index (χ1n) is 6.81. The maximum absolute atomic E-state index is 12.5. The van der Waals surface area contributed by atoms with Crippen LogP contribution >= 0.6 is 0 Å². The Balaban J connectivity index is 1.71. The first-order valence-corrected chi connectivity index (χ1v) is 6.81. The number of fused-ring (bicyclic) bond motifs is 2. The summed E-state index contributed by atoms with van der Waals surface area (Å²) in [6.07, 6.45) is 0.673. The Morgan fingerprint density at radius 3 is 2.52 bits per heavy atom. The lowest BCUT2D eigenvalue weighted by Gasteiger charge is -2.07. The van der Waals surface area contributed by atoms with Gasteiger partial charge in [0.2, 0.25) is 5.91 Å². The Morgan fingerprint density at radius 2 is 1.90 bits per heavy atom. The number of halogens is 2. The second-order valence-corrected chi connectivity index (χ2v) is 5.57. The number of nitrogens with zero attached hydrogens (tertiary/aromatic N) is 1. The molecule has 21 heavy (non-hydrogen) atoms. The van der Waals surface area contributed by atoms with Gasteiger partial charge in [-0.25, -0.2) is 8.78 Å². The zero-order valence-electron chi connectivity index (χ0n) is 11.1. The summed E-state index contributed by atoms with van der Waals surface area (Å²) in [6.45, 7) is 0. The number of aromatic nitrogens is 1. The number of amides is 1. The summed E-state index contributed by atoms with van der Waals surface area (Å²) in [7, 11) is 0. The molecule has 2 aromatic rings. The molecule has 1 aromatic carbocycles. The quantitative estimate of drug-likeness (QED) is 0.915. The van der Waals surface area contributed by atoms with E-state index in [1.807, 2.05) is 18.2 Å². The van der Waals surface area contributed by atoms with Crippen molar-refractivity contribution >= 4 is 11.6 Å². The minimum absolute atomic E-state index is 0.0702. The van der Waals surface area contributed by atoms with Crippen LogP contribution in [-0.2, 0) is 10.2 Å². The summed E-state index contributed by atoms with van der Waals surface area (Å²) in [5.41, 5.74) is 2.96. The van der Waals surface area contributed by atoms with Crippen molar-refractivity contribution in [2.75, 3.05) is 5.32 Å². The molecule has 0 bridgehead atoms. The highest BCUT2D eigenvalue weighted by Crippen LogP contribution is 2.55. The van der Waals surface area contributed by atoms with E-state index >= 15 is 0 Å². The van der Waals surface area contributed by atoms with Gasteiger partial charge in [-0.1, -0.05) is 18.2 Å². The molecule has 1 amide bonds. The van der Waals surface area contributed by atoms with E-state index in [0.29, 0.717) is 0 Å². The number of rotatable bonds is 2. The number of pyridine rings is 1. The number of carbonyl (C=O) groups excluding carboxylic acids is 1. The van der Waals surface area contributed by atoms with E-state index in [4.69, 9.17) is 0 Å². The second-order valence-electron chi connectivity index (χ2n) is 5.57. The average molecular weight is 286 g/mol. The Bertz CT molecular complexity index is 736. The van der Waals surface area contributed by atoms with Gasteiger partial charge >= 0.3 is 0 Å². The summed E-state index contributed by atoms with van der Waals surface area (Å²) in [5, 5.41) is 2.91. The molecular formula is C16H12F2N2O. The molecule has 2 aliphatic rings. The molecule has 1 aliphatic carbocycles. The monoisotopic (exact) mass is 286 g/mol. The first kappa shape index (κ1) is 12.4. The molecular weight excluding hydrogens is 274 g/mol. The van der Waals surface area contributed by atoms with Gasteiger partial charge < -0.3 is 5.32 Å². The molecule has 0 unspecified atom stereocenters. The third-order valence-corrected chi connectivity index (χ3v) is 4.31. The van der Waals surface area contributed by atoms with E-state index in [1.54, 1.807) is 6.07 Å². The normalized spacial score (nSPS) is 18.0. The summed E-state index contributed by atoms with van der Waals surface area (Å²) in [6, 6.07) is 8.71. The van der Waals surface area contributed by atoms with Crippen molar-refractivity contribution < 1.29 is 13.6 Å². The molecule has 4 rings (SSSR count). The number of nitrogens with one attached hydrogen (secondary N) is 1. The molecule has 1 aliphatic heterocycles. The van der Waals surface area contributed by atoms with Crippen LogP contribution < -0.4 is 5.32 Å². The van der Waals surface area contributed by atoms with Crippen LogP contribution in [0, 0.1) is 0 Å². The van der Waals surface area contributed by atoms with Gasteiger partial charge in [-0.05, 0) is 36.1 Å². The van der Waals surface area contributed by atoms with Crippen LogP contribution in [0.25, 0.3) is 11.1 Å². The summed E-state index contributed by atoms with van der Waals surface area (Å²) < 4.78 is 25.0. The van der Waals surface area contributed by atoms with Crippen LogP contribution in [0.2, 0.25) is 0 Å². The number of hydrogen-bond acceptors (Lipinski definition) is 2. The zero-order chi connectivity index (χ0) is 14.6. The van der Waals surface area contributed by atoms with Gasteiger partial charge in [0.1, 0.15) is 5.69 Å². The smallest absolute Gasteiger partial charge is 0.280 e. The fraction of sp³-hybridized carbons (Fsp3) is 0.250. The third kappa shape index (κ3) is 1.77. The molecule has 3 nitrogen and oxygen atoms in total. The van der Waals surface area contributed by atoms with Crippen molar-refractivity contribution in [1.29, 1.82) is 0 Å². The van der Waals surface area contributed by atoms with E-state index in [2.05, 4.69) is 10.3 Å². The maximum atomic E-state index is 12.5. The highest BCUT2D eigenvalue weighted by atomic mass is 19.3. The lowest BCUT2D eigenvalue weighted by molar-refractivity contribution is -0.117. The van der Waals surface area contributed by atoms with Crippen molar-refractivity contribution in [3.8, 4) is 11.1 Å². The van der Waals surface area contributed by atoms with Crippen LogP contribution in [0.1, 0.15) is 30.5 Å². The largest absolute Gasteiger partial charge is 0.325 e. The predicted octanol–water partition coefficient (Wildman–Crippen LogP) is 3.67. The predicted molar refractivity (Wildman–Crippen MR) is 74.2 cm³/mol. The summed E-state index contributed by atoms with van der Waals surface area (Å²) >= 11 is 0. The van der Waals surface area contributed by atoms with Gasteiger partial charge in [-0.3, -0.25) is 9.78 Å².